The van der Waals surface area contributed by atoms with Crippen molar-refractivity contribution in [3.05, 3.63) is 28.8 Å². The molecule has 7 heteroatoms. The highest BCUT2D eigenvalue weighted by molar-refractivity contribution is 8.10. The van der Waals surface area contributed by atoms with E-state index in [-0.39, 0.29) is 10.8 Å². The molecule has 5 nitrogen and oxygen atoms in total. The number of amides is 1. The van der Waals surface area contributed by atoms with Crippen molar-refractivity contribution in [1.29, 1.82) is 0 Å². The lowest BCUT2D eigenvalue weighted by Gasteiger charge is -2.30. The molecule has 0 fully saturated rings. The smallest absolute Gasteiger partial charge is 0.316 e. The highest BCUT2D eigenvalue weighted by Gasteiger charge is 2.28. The Labute approximate surface area is 143 Å². The second-order valence-electron chi connectivity index (χ2n) is 7.62. The summed E-state index contributed by atoms with van der Waals surface area (Å²) in [7, 11) is 0.580. The van der Waals surface area contributed by atoms with E-state index in [1.54, 1.807) is 0 Å². The van der Waals surface area contributed by atoms with Crippen molar-refractivity contribution in [3.8, 4) is 0 Å². The third kappa shape index (κ3) is 5.70. The van der Waals surface area contributed by atoms with Gasteiger partial charge in [-0.25, -0.2) is 4.79 Å². The van der Waals surface area contributed by atoms with Gasteiger partial charge in [-0.05, 0) is 28.9 Å². The van der Waals surface area contributed by atoms with E-state index in [4.69, 9.17) is 10.7 Å². The third-order valence-electron chi connectivity index (χ3n) is 3.30. The fourth-order valence-corrected chi connectivity index (χ4v) is 2.71. The molecule has 0 spiro atoms. The van der Waals surface area contributed by atoms with Crippen molar-refractivity contribution >= 4 is 31.8 Å². The molecule has 0 bridgehead atoms. The number of carbonyl (C=O) groups is 1. The van der Waals surface area contributed by atoms with Crippen LogP contribution < -0.4 is 5.32 Å². The van der Waals surface area contributed by atoms with E-state index in [1.807, 2.05) is 60.6 Å². The minimum Gasteiger partial charge on any atom is -0.316 e. The first-order chi connectivity index (χ1) is 10.1. The van der Waals surface area contributed by atoms with Crippen molar-refractivity contribution in [3.63, 3.8) is 0 Å². The first-order valence-corrected chi connectivity index (χ1v) is 9.45. The number of anilines is 1. The molecule has 23 heavy (non-hydrogen) atoms. The predicted molar refractivity (Wildman–Crippen MR) is 93.5 cm³/mol. The average Bonchev–Trinajstić information content (AvgIpc) is 2.25. The summed E-state index contributed by atoms with van der Waals surface area (Å²) in [6.07, 6.45) is -1.13. The SMILES string of the molecule is Cc1cc(C(C)(C)C)c(NC(=O)OS(=O)(=O)Cl)c(C(C)(C)C)c1. The van der Waals surface area contributed by atoms with Gasteiger partial charge < -0.3 is 4.18 Å². The Morgan fingerprint density at radius 3 is 1.74 bits per heavy atom. The molecule has 0 atom stereocenters. The number of benzene rings is 1. The van der Waals surface area contributed by atoms with Gasteiger partial charge in [0.25, 0.3) is 0 Å². The lowest BCUT2D eigenvalue weighted by atomic mass is 9.77. The Balaban J connectivity index is 3.51. The monoisotopic (exact) mass is 361 g/mol. The largest absolute Gasteiger partial charge is 0.428 e. The Kier molecular flexibility index (Phi) is 5.43. The molecular formula is C16H24ClNO4S. The van der Waals surface area contributed by atoms with E-state index >= 15 is 0 Å². The topological polar surface area (TPSA) is 72.5 Å². The van der Waals surface area contributed by atoms with Crippen LogP contribution in [0.5, 0.6) is 0 Å². The predicted octanol–water partition coefficient (Wildman–Crippen LogP) is 4.62. The van der Waals surface area contributed by atoms with Crippen molar-refractivity contribution in [1.82, 2.24) is 0 Å². The van der Waals surface area contributed by atoms with Crippen molar-refractivity contribution in [2.45, 2.75) is 59.3 Å². The minimum atomic E-state index is -4.39. The van der Waals surface area contributed by atoms with Crippen LogP contribution in [0.25, 0.3) is 0 Å². The van der Waals surface area contributed by atoms with Gasteiger partial charge in [0.1, 0.15) is 0 Å². The molecule has 1 rings (SSSR count). The maximum Gasteiger partial charge on any atom is 0.428 e. The lowest BCUT2D eigenvalue weighted by Crippen LogP contribution is -2.25. The van der Waals surface area contributed by atoms with Crippen LogP contribution >= 0.6 is 10.7 Å². The van der Waals surface area contributed by atoms with Crippen LogP contribution in [0.2, 0.25) is 0 Å². The van der Waals surface area contributed by atoms with Crippen LogP contribution in [0.1, 0.15) is 58.2 Å². The zero-order chi connectivity index (χ0) is 18.2. The normalized spacial score (nSPS) is 12.9. The number of nitrogens with one attached hydrogen (secondary N) is 1. The van der Waals surface area contributed by atoms with Crippen LogP contribution in [-0.4, -0.2) is 14.5 Å². The quantitative estimate of drug-likeness (QED) is 0.780. The van der Waals surface area contributed by atoms with E-state index in [0.717, 1.165) is 16.7 Å². The van der Waals surface area contributed by atoms with Crippen LogP contribution in [0.15, 0.2) is 12.1 Å². The first-order valence-electron chi connectivity index (χ1n) is 7.22. The summed E-state index contributed by atoms with van der Waals surface area (Å²) in [5, 5.41) is 2.55. The molecule has 1 N–H and O–H groups in total. The van der Waals surface area contributed by atoms with Gasteiger partial charge in [0.05, 0.1) is 16.4 Å². The molecule has 0 saturated heterocycles. The Hall–Kier alpha value is -1.27. The number of rotatable bonds is 2. The molecule has 0 aliphatic carbocycles. The summed E-state index contributed by atoms with van der Waals surface area (Å²) in [6, 6.07) is 3.94. The molecule has 0 saturated carbocycles. The molecule has 1 aromatic rings. The van der Waals surface area contributed by atoms with Crippen molar-refractivity contribution in [2.75, 3.05) is 5.32 Å². The maximum atomic E-state index is 11.9. The van der Waals surface area contributed by atoms with Gasteiger partial charge in [0.2, 0.25) is 0 Å². The molecule has 130 valence electrons. The minimum absolute atomic E-state index is 0.255. The Morgan fingerprint density at radius 2 is 1.43 bits per heavy atom. The van der Waals surface area contributed by atoms with Crippen molar-refractivity contribution in [2.24, 2.45) is 0 Å². The molecule has 1 amide bonds. The Morgan fingerprint density at radius 1 is 1.04 bits per heavy atom. The van der Waals surface area contributed by atoms with Gasteiger partial charge in [-0.15, -0.1) is 0 Å². The van der Waals surface area contributed by atoms with Crippen LogP contribution in [0.4, 0.5) is 10.5 Å². The second-order valence-corrected chi connectivity index (χ2v) is 9.71. The van der Waals surface area contributed by atoms with E-state index in [0.29, 0.717) is 5.69 Å². The van der Waals surface area contributed by atoms with Gasteiger partial charge in [0, 0.05) is 0 Å². The molecule has 0 aliphatic rings. The summed E-state index contributed by atoms with van der Waals surface area (Å²) in [6.45, 7) is 14.1. The third-order valence-corrected chi connectivity index (χ3v) is 3.84. The van der Waals surface area contributed by atoms with Crippen LogP contribution in [0, 0.1) is 6.92 Å². The van der Waals surface area contributed by atoms with E-state index in [1.165, 1.54) is 0 Å². The number of halogens is 1. The van der Waals surface area contributed by atoms with Gasteiger partial charge in [0.15, 0.2) is 0 Å². The van der Waals surface area contributed by atoms with Gasteiger partial charge in [-0.2, -0.15) is 8.42 Å². The van der Waals surface area contributed by atoms with E-state index in [9.17, 15) is 13.2 Å². The summed E-state index contributed by atoms with van der Waals surface area (Å²) < 4.78 is 26.1. The van der Waals surface area contributed by atoms with E-state index in [2.05, 4.69) is 9.50 Å². The number of hydrogen-bond acceptors (Lipinski definition) is 4. The number of hydrogen-bond donors (Lipinski definition) is 1. The van der Waals surface area contributed by atoms with Crippen LogP contribution in [0.3, 0.4) is 0 Å². The zero-order valence-electron chi connectivity index (χ0n) is 14.6. The fraction of sp³-hybridized carbons (Fsp3) is 0.562. The summed E-state index contributed by atoms with van der Waals surface area (Å²) in [5.74, 6) is 0. The number of carbonyl (C=O) groups excluding carboxylic acids is 1. The molecule has 0 heterocycles. The molecule has 0 aliphatic heterocycles. The average molecular weight is 362 g/mol. The first kappa shape index (κ1) is 19.8. The van der Waals surface area contributed by atoms with Gasteiger partial charge in [-0.1, -0.05) is 59.2 Å². The summed E-state index contributed by atoms with van der Waals surface area (Å²) in [5.41, 5.74) is 2.89. The second kappa shape index (κ2) is 6.32. The standard InChI is InChI=1S/C16H24ClNO4S/c1-10-8-11(15(2,3)4)13(12(9-10)16(5,6)7)18-14(19)22-23(17,20)21/h8-9H,1-7H3,(H,18,19). The highest BCUT2D eigenvalue weighted by Crippen LogP contribution is 2.39. The molecule has 0 unspecified atom stereocenters. The number of aryl methyl sites for hydroxylation is 1. The lowest BCUT2D eigenvalue weighted by molar-refractivity contribution is 0.218. The Bertz CT molecular complexity index is 678. The molecular weight excluding hydrogens is 338 g/mol. The van der Waals surface area contributed by atoms with Crippen molar-refractivity contribution < 1.29 is 17.4 Å². The zero-order valence-corrected chi connectivity index (χ0v) is 16.1. The molecule has 1 aromatic carbocycles. The van der Waals surface area contributed by atoms with Gasteiger partial charge >= 0.3 is 15.4 Å². The molecule has 0 aromatic heterocycles. The summed E-state index contributed by atoms with van der Waals surface area (Å²) >= 11 is 0. The maximum absolute atomic E-state index is 11.9. The highest BCUT2D eigenvalue weighted by atomic mass is 35.7. The van der Waals surface area contributed by atoms with Gasteiger partial charge in [-0.3, -0.25) is 5.32 Å². The fourth-order valence-electron chi connectivity index (χ4n) is 2.32. The van der Waals surface area contributed by atoms with Crippen LogP contribution in [-0.2, 0) is 24.3 Å². The molecule has 0 radical (unpaired) electrons. The van der Waals surface area contributed by atoms with E-state index < -0.39 is 15.4 Å². The summed E-state index contributed by atoms with van der Waals surface area (Å²) in [4.78, 5) is 11.9.